The zero-order valence-electron chi connectivity index (χ0n) is 10.4. The van der Waals surface area contributed by atoms with Crippen molar-refractivity contribution in [2.45, 2.75) is 56.7 Å². The van der Waals surface area contributed by atoms with Crippen LogP contribution in [0.2, 0.25) is 0 Å². The molecule has 0 aromatic heterocycles. The second kappa shape index (κ2) is 4.79. The van der Waals surface area contributed by atoms with Gasteiger partial charge in [-0.05, 0) is 49.7 Å². The van der Waals surface area contributed by atoms with Crippen molar-refractivity contribution in [3.05, 3.63) is 35.4 Å². The molecule has 92 valence electrons. The fourth-order valence-electron chi connectivity index (χ4n) is 3.30. The minimum atomic E-state index is 0.448. The molecule has 0 saturated heterocycles. The van der Waals surface area contributed by atoms with Gasteiger partial charge in [0.15, 0.2) is 0 Å². The van der Waals surface area contributed by atoms with E-state index in [0.717, 1.165) is 0 Å². The monoisotopic (exact) mass is 230 g/mol. The predicted octanol–water partition coefficient (Wildman–Crippen LogP) is 2.53. The van der Waals surface area contributed by atoms with Gasteiger partial charge in [-0.15, -0.1) is 0 Å². The van der Waals surface area contributed by atoms with E-state index in [1.165, 1.54) is 49.7 Å². The van der Waals surface area contributed by atoms with Crippen LogP contribution in [0.5, 0.6) is 0 Å². The molecule has 3 rings (SSSR count). The average Bonchev–Trinajstić information content (AvgIpc) is 2.76. The summed E-state index contributed by atoms with van der Waals surface area (Å²) in [7, 11) is 0. The van der Waals surface area contributed by atoms with Crippen LogP contribution < -0.4 is 11.1 Å². The van der Waals surface area contributed by atoms with Gasteiger partial charge in [-0.3, -0.25) is 0 Å². The standard InChI is InChI=1S/C15H22N2/c16-12-6-8-13(9-7-12)17-15-10-5-11-3-1-2-4-14(11)15/h1-4,12-13,15,17H,5-10,16H2. The van der Waals surface area contributed by atoms with Crippen LogP contribution in [0.4, 0.5) is 0 Å². The molecule has 1 unspecified atom stereocenters. The molecule has 2 heteroatoms. The lowest BCUT2D eigenvalue weighted by molar-refractivity contribution is 0.315. The van der Waals surface area contributed by atoms with Crippen LogP contribution in [-0.4, -0.2) is 12.1 Å². The molecule has 2 aliphatic carbocycles. The smallest absolute Gasteiger partial charge is 0.0328 e. The number of benzene rings is 1. The van der Waals surface area contributed by atoms with E-state index in [-0.39, 0.29) is 0 Å². The Labute approximate surface area is 104 Å². The number of hydrogen-bond donors (Lipinski definition) is 2. The van der Waals surface area contributed by atoms with Crippen molar-refractivity contribution in [2.75, 3.05) is 0 Å². The third-order valence-corrected chi connectivity index (χ3v) is 4.34. The van der Waals surface area contributed by atoms with Gasteiger partial charge in [-0.2, -0.15) is 0 Å². The fourth-order valence-corrected chi connectivity index (χ4v) is 3.30. The van der Waals surface area contributed by atoms with E-state index in [4.69, 9.17) is 5.73 Å². The summed E-state index contributed by atoms with van der Waals surface area (Å²) in [6.07, 6.45) is 7.37. The van der Waals surface area contributed by atoms with Crippen LogP contribution in [0.15, 0.2) is 24.3 Å². The van der Waals surface area contributed by atoms with Crippen LogP contribution >= 0.6 is 0 Å². The number of aryl methyl sites for hydroxylation is 1. The number of hydrogen-bond acceptors (Lipinski definition) is 2. The molecule has 0 spiro atoms. The van der Waals surface area contributed by atoms with Crippen molar-refractivity contribution < 1.29 is 0 Å². The molecule has 1 fully saturated rings. The summed E-state index contributed by atoms with van der Waals surface area (Å²) in [5.74, 6) is 0. The van der Waals surface area contributed by atoms with Crippen LogP contribution in [0.3, 0.4) is 0 Å². The maximum atomic E-state index is 5.95. The number of fused-ring (bicyclic) bond motifs is 1. The molecular weight excluding hydrogens is 208 g/mol. The molecule has 3 N–H and O–H groups in total. The predicted molar refractivity (Wildman–Crippen MR) is 70.9 cm³/mol. The summed E-state index contributed by atoms with van der Waals surface area (Å²) in [5, 5.41) is 3.84. The lowest BCUT2D eigenvalue weighted by Crippen LogP contribution is -2.38. The Morgan fingerprint density at radius 2 is 1.76 bits per heavy atom. The van der Waals surface area contributed by atoms with Crippen LogP contribution in [0.1, 0.15) is 49.3 Å². The van der Waals surface area contributed by atoms with Crippen LogP contribution in [-0.2, 0) is 6.42 Å². The highest BCUT2D eigenvalue weighted by molar-refractivity contribution is 5.34. The Kier molecular flexibility index (Phi) is 3.17. The maximum absolute atomic E-state index is 5.95. The zero-order valence-corrected chi connectivity index (χ0v) is 10.4. The van der Waals surface area contributed by atoms with Gasteiger partial charge < -0.3 is 11.1 Å². The highest BCUT2D eigenvalue weighted by Crippen LogP contribution is 2.32. The maximum Gasteiger partial charge on any atom is 0.0328 e. The first kappa shape index (κ1) is 11.2. The molecule has 17 heavy (non-hydrogen) atoms. The summed E-state index contributed by atoms with van der Waals surface area (Å²) in [5.41, 5.74) is 9.02. The molecule has 0 bridgehead atoms. The Bertz CT molecular complexity index is 380. The van der Waals surface area contributed by atoms with Crippen molar-refractivity contribution in [2.24, 2.45) is 5.73 Å². The quantitative estimate of drug-likeness (QED) is 0.819. The number of rotatable bonds is 2. The third-order valence-electron chi connectivity index (χ3n) is 4.34. The lowest BCUT2D eigenvalue weighted by atomic mass is 9.91. The van der Waals surface area contributed by atoms with Gasteiger partial charge in [-0.1, -0.05) is 24.3 Å². The van der Waals surface area contributed by atoms with Gasteiger partial charge in [-0.25, -0.2) is 0 Å². The Hall–Kier alpha value is -0.860. The van der Waals surface area contributed by atoms with E-state index in [1.807, 2.05) is 0 Å². The minimum absolute atomic E-state index is 0.448. The second-order valence-electron chi connectivity index (χ2n) is 5.57. The van der Waals surface area contributed by atoms with Crippen molar-refractivity contribution >= 4 is 0 Å². The summed E-state index contributed by atoms with van der Waals surface area (Å²) in [6, 6.07) is 10.6. The molecule has 0 heterocycles. The molecular formula is C15H22N2. The van der Waals surface area contributed by atoms with Gasteiger partial charge in [0.05, 0.1) is 0 Å². The lowest BCUT2D eigenvalue weighted by Gasteiger charge is -2.29. The highest BCUT2D eigenvalue weighted by atomic mass is 15.0. The van der Waals surface area contributed by atoms with E-state index >= 15 is 0 Å². The van der Waals surface area contributed by atoms with Crippen molar-refractivity contribution in [1.82, 2.24) is 5.32 Å². The summed E-state index contributed by atoms with van der Waals surface area (Å²) < 4.78 is 0. The van der Waals surface area contributed by atoms with E-state index in [9.17, 15) is 0 Å². The van der Waals surface area contributed by atoms with E-state index in [2.05, 4.69) is 29.6 Å². The number of nitrogens with one attached hydrogen (secondary N) is 1. The van der Waals surface area contributed by atoms with Crippen LogP contribution in [0.25, 0.3) is 0 Å². The summed E-state index contributed by atoms with van der Waals surface area (Å²) in [4.78, 5) is 0. The topological polar surface area (TPSA) is 38.0 Å². The van der Waals surface area contributed by atoms with Crippen LogP contribution in [0, 0.1) is 0 Å². The van der Waals surface area contributed by atoms with Gasteiger partial charge >= 0.3 is 0 Å². The third kappa shape index (κ3) is 2.38. The first-order chi connectivity index (χ1) is 8.33. The van der Waals surface area contributed by atoms with E-state index < -0.39 is 0 Å². The van der Waals surface area contributed by atoms with Gasteiger partial charge in [0.2, 0.25) is 0 Å². The molecule has 0 amide bonds. The first-order valence-electron chi connectivity index (χ1n) is 6.92. The molecule has 1 atom stereocenters. The summed E-state index contributed by atoms with van der Waals surface area (Å²) in [6.45, 7) is 0. The second-order valence-corrected chi connectivity index (χ2v) is 5.57. The molecule has 1 saturated carbocycles. The fraction of sp³-hybridized carbons (Fsp3) is 0.600. The largest absolute Gasteiger partial charge is 0.328 e. The molecule has 0 radical (unpaired) electrons. The normalized spacial score (nSPS) is 32.4. The first-order valence-corrected chi connectivity index (χ1v) is 6.92. The van der Waals surface area contributed by atoms with Gasteiger partial charge in [0.25, 0.3) is 0 Å². The van der Waals surface area contributed by atoms with Crippen molar-refractivity contribution in [3.8, 4) is 0 Å². The average molecular weight is 230 g/mol. The highest BCUT2D eigenvalue weighted by Gasteiger charge is 2.26. The number of nitrogens with two attached hydrogens (primary N) is 1. The Balaban J connectivity index is 1.64. The molecule has 1 aromatic carbocycles. The molecule has 1 aromatic rings. The molecule has 2 aliphatic rings. The van der Waals surface area contributed by atoms with Gasteiger partial charge in [0, 0.05) is 18.1 Å². The van der Waals surface area contributed by atoms with E-state index in [1.54, 1.807) is 0 Å². The van der Waals surface area contributed by atoms with Gasteiger partial charge in [0.1, 0.15) is 0 Å². The van der Waals surface area contributed by atoms with Crippen molar-refractivity contribution in [3.63, 3.8) is 0 Å². The van der Waals surface area contributed by atoms with Crippen molar-refractivity contribution in [1.29, 1.82) is 0 Å². The zero-order chi connectivity index (χ0) is 11.7. The van der Waals surface area contributed by atoms with E-state index in [0.29, 0.717) is 18.1 Å². The molecule has 2 nitrogen and oxygen atoms in total. The Morgan fingerprint density at radius 3 is 2.59 bits per heavy atom. The molecule has 0 aliphatic heterocycles. The Morgan fingerprint density at radius 1 is 1.00 bits per heavy atom. The SMILES string of the molecule is NC1CCC(NC2CCc3ccccc32)CC1. The summed E-state index contributed by atoms with van der Waals surface area (Å²) >= 11 is 0. The minimum Gasteiger partial charge on any atom is -0.328 e.